The van der Waals surface area contributed by atoms with Gasteiger partial charge in [-0.2, -0.15) is 0 Å². The van der Waals surface area contributed by atoms with Crippen molar-refractivity contribution in [1.29, 1.82) is 0 Å². The fraction of sp³-hybridized carbons (Fsp3) is 0.333. The Morgan fingerprint density at radius 1 is 0.382 bits per heavy atom. The van der Waals surface area contributed by atoms with E-state index in [1.54, 1.807) is 0 Å². The topological polar surface area (TPSA) is 55.4 Å². The van der Waals surface area contributed by atoms with E-state index in [1.807, 2.05) is 114 Å². The number of ether oxygens (including phenoxy) is 3. The molecule has 3 aromatic rings. The van der Waals surface area contributed by atoms with Crippen LogP contribution in [0, 0.1) is 0 Å². The zero-order valence-corrected chi connectivity index (χ0v) is 21.5. The second-order valence-electron chi connectivity index (χ2n) is 8.41. The van der Waals surface area contributed by atoms with Crippen molar-refractivity contribution in [3.05, 3.63) is 72.8 Å². The highest BCUT2D eigenvalue weighted by Gasteiger charge is 2.20. The van der Waals surface area contributed by atoms with Crippen LogP contribution in [0.25, 0.3) is 0 Å². The first-order chi connectivity index (χ1) is 16.3. The van der Waals surface area contributed by atoms with Crippen LogP contribution in [0.15, 0.2) is 72.8 Å². The fourth-order valence-electron chi connectivity index (χ4n) is 2.87. The molecule has 0 atom stereocenters. The summed E-state index contributed by atoms with van der Waals surface area (Å²) in [5, 5.41) is 0. The number of hydrogen-bond donors (Lipinski definition) is 0. The van der Waals surface area contributed by atoms with Crippen LogP contribution in [-0.4, -0.2) is 18.3 Å². The third-order valence-corrected chi connectivity index (χ3v) is 5.21. The van der Waals surface area contributed by atoms with Gasteiger partial charge in [0.1, 0.15) is 34.5 Å². The average molecular weight is 485 g/mol. The van der Waals surface area contributed by atoms with E-state index in [1.165, 1.54) is 0 Å². The van der Waals surface area contributed by atoms with Crippen molar-refractivity contribution >= 4 is 8.60 Å². The van der Waals surface area contributed by atoms with E-state index >= 15 is 0 Å². The molecule has 0 unspecified atom stereocenters. The van der Waals surface area contributed by atoms with Crippen molar-refractivity contribution in [3.8, 4) is 34.5 Å². The van der Waals surface area contributed by atoms with Crippen molar-refractivity contribution in [2.75, 3.05) is 0 Å². The minimum Gasteiger partial charge on any atom is -0.491 e. The third kappa shape index (κ3) is 8.68. The summed E-state index contributed by atoms with van der Waals surface area (Å²) in [5.74, 6) is 4.16. The van der Waals surface area contributed by atoms with E-state index in [2.05, 4.69) is 0 Å². The second-order valence-corrected chi connectivity index (χ2v) is 9.41. The maximum atomic E-state index is 6.07. The molecule has 7 heteroatoms. The largest absolute Gasteiger partial charge is 0.530 e. The minimum atomic E-state index is -1.79. The van der Waals surface area contributed by atoms with Gasteiger partial charge in [-0.25, -0.2) is 0 Å². The first-order valence-electron chi connectivity index (χ1n) is 11.4. The summed E-state index contributed by atoms with van der Waals surface area (Å²) in [7, 11) is -1.79. The van der Waals surface area contributed by atoms with Crippen LogP contribution in [0.5, 0.6) is 34.5 Å². The molecular formula is C27H33O6P. The summed E-state index contributed by atoms with van der Waals surface area (Å²) >= 11 is 0. The lowest BCUT2D eigenvalue weighted by Gasteiger charge is -2.19. The van der Waals surface area contributed by atoms with Crippen LogP contribution in [-0.2, 0) is 0 Å². The quantitative estimate of drug-likeness (QED) is 0.244. The molecule has 0 fully saturated rings. The Bertz CT molecular complexity index is 853. The highest BCUT2D eigenvalue weighted by Crippen LogP contribution is 2.43. The van der Waals surface area contributed by atoms with Crippen LogP contribution in [0.4, 0.5) is 0 Å². The maximum absolute atomic E-state index is 6.07. The van der Waals surface area contributed by atoms with Gasteiger partial charge in [0.2, 0.25) is 0 Å². The van der Waals surface area contributed by atoms with Gasteiger partial charge >= 0.3 is 8.60 Å². The predicted octanol–water partition coefficient (Wildman–Crippen LogP) is 7.81. The van der Waals surface area contributed by atoms with Gasteiger partial charge < -0.3 is 27.8 Å². The Morgan fingerprint density at radius 3 is 0.794 bits per heavy atom. The van der Waals surface area contributed by atoms with E-state index in [0.29, 0.717) is 17.2 Å². The molecule has 0 saturated carbocycles. The molecule has 182 valence electrons. The lowest BCUT2D eigenvalue weighted by molar-refractivity contribution is 0.242. The number of benzene rings is 3. The summed E-state index contributed by atoms with van der Waals surface area (Å²) < 4.78 is 35.3. The molecule has 0 radical (unpaired) electrons. The summed E-state index contributed by atoms with van der Waals surface area (Å²) in [6, 6.07) is 22.2. The van der Waals surface area contributed by atoms with Crippen molar-refractivity contribution in [2.24, 2.45) is 0 Å². The van der Waals surface area contributed by atoms with Gasteiger partial charge in [-0.1, -0.05) is 0 Å². The number of hydrogen-bond acceptors (Lipinski definition) is 6. The smallest absolute Gasteiger partial charge is 0.491 e. The highest BCUT2D eigenvalue weighted by molar-refractivity contribution is 7.43. The second kappa shape index (κ2) is 12.4. The van der Waals surface area contributed by atoms with Crippen molar-refractivity contribution in [1.82, 2.24) is 0 Å². The van der Waals surface area contributed by atoms with Crippen LogP contribution < -0.4 is 27.8 Å². The van der Waals surface area contributed by atoms with Gasteiger partial charge in [0.05, 0.1) is 18.3 Å². The molecule has 0 aliphatic rings. The van der Waals surface area contributed by atoms with E-state index in [0.717, 1.165) is 17.2 Å². The van der Waals surface area contributed by atoms with Crippen LogP contribution in [0.1, 0.15) is 41.5 Å². The Morgan fingerprint density at radius 2 is 0.588 bits per heavy atom. The molecule has 6 nitrogen and oxygen atoms in total. The molecule has 0 heterocycles. The third-order valence-electron chi connectivity index (χ3n) is 4.13. The molecule has 3 aromatic carbocycles. The van der Waals surface area contributed by atoms with E-state index in [-0.39, 0.29) is 18.3 Å². The van der Waals surface area contributed by atoms with E-state index < -0.39 is 8.60 Å². The SMILES string of the molecule is CC(C)Oc1ccc(OP(Oc2ccc(OC(C)C)cc2)Oc2ccc(OC(C)C)cc2)cc1. The van der Waals surface area contributed by atoms with E-state index in [4.69, 9.17) is 27.8 Å². The highest BCUT2D eigenvalue weighted by atomic mass is 31.2. The van der Waals surface area contributed by atoms with Gasteiger partial charge in [0, 0.05) is 0 Å². The fourth-order valence-corrected chi connectivity index (χ4v) is 3.86. The normalized spacial score (nSPS) is 11.1. The minimum absolute atomic E-state index is 0.0980. The maximum Gasteiger partial charge on any atom is 0.530 e. The Balaban J connectivity index is 1.73. The van der Waals surface area contributed by atoms with Gasteiger partial charge in [-0.05, 0) is 114 Å². The van der Waals surface area contributed by atoms with Crippen LogP contribution >= 0.6 is 8.60 Å². The molecule has 3 rings (SSSR count). The standard InChI is InChI=1S/C27H33O6P/c1-19(2)28-22-7-13-25(14-8-22)31-34(32-26-15-9-23(10-16-26)29-20(3)4)33-27-17-11-24(12-18-27)30-21(5)6/h7-21H,1-6H3. The van der Waals surface area contributed by atoms with Crippen molar-refractivity contribution in [3.63, 3.8) is 0 Å². The van der Waals surface area contributed by atoms with Crippen LogP contribution in [0.3, 0.4) is 0 Å². The van der Waals surface area contributed by atoms with Gasteiger partial charge in [-0.15, -0.1) is 0 Å². The average Bonchev–Trinajstić information content (AvgIpc) is 2.77. The lowest BCUT2D eigenvalue weighted by atomic mass is 10.3. The zero-order valence-electron chi connectivity index (χ0n) is 20.6. The first-order valence-corrected chi connectivity index (χ1v) is 12.5. The zero-order chi connectivity index (χ0) is 24.5. The molecular weight excluding hydrogens is 451 g/mol. The number of rotatable bonds is 12. The molecule has 0 amide bonds. The molecule has 0 bridgehead atoms. The van der Waals surface area contributed by atoms with Crippen molar-refractivity contribution in [2.45, 2.75) is 59.9 Å². The molecule has 0 aliphatic carbocycles. The lowest BCUT2D eigenvalue weighted by Crippen LogP contribution is -2.06. The first kappa shape index (κ1) is 25.5. The molecule has 34 heavy (non-hydrogen) atoms. The molecule has 0 spiro atoms. The molecule has 0 N–H and O–H groups in total. The summed E-state index contributed by atoms with van der Waals surface area (Å²) in [4.78, 5) is 0. The predicted molar refractivity (Wildman–Crippen MR) is 135 cm³/mol. The summed E-state index contributed by atoms with van der Waals surface area (Å²) in [5.41, 5.74) is 0. The summed E-state index contributed by atoms with van der Waals surface area (Å²) in [6.07, 6.45) is 0.294. The van der Waals surface area contributed by atoms with E-state index in [9.17, 15) is 0 Å². The molecule has 0 aromatic heterocycles. The molecule has 0 saturated heterocycles. The summed E-state index contributed by atoms with van der Waals surface area (Å²) in [6.45, 7) is 11.9. The monoisotopic (exact) mass is 484 g/mol. The van der Waals surface area contributed by atoms with Gasteiger partial charge in [-0.3, -0.25) is 0 Å². The van der Waals surface area contributed by atoms with Gasteiger partial charge in [0.15, 0.2) is 0 Å². The van der Waals surface area contributed by atoms with Crippen LogP contribution in [0.2, 0.25) is 0 Å². The van der Waals surface area contributed by atoms with Gasteiger partial charge in [0.25, 0.3) is 0 Å². The Labute approximate surface area is 203 Å². The van der Waals surface area contributed by atoms with Crippen molar-refractivity contribution < 1.29 is 27.8 Å². The Hall–Kier alpha value is -3.11. The molecule has 0 aliphatic heterocycles. The Kier molecular flexibility index (Phi) is 9.29.